The van der Waals surface area contributed by atoms with E-state index in [9.17, 15) is 13.2 Å². The average molecular weight is 440 g/mol. The molecular formula is C24H29N3O3S. The summed E-state index contributed by atoms with van der Waals surface area (Å²) < 4.78 is 28.1. The van der Waals surface area contributed by atoms with Gasteiger partial charge in [-0.1, -0.05) is 12.5 Å². The first-order chi connectivity index (χ1) is 14.9. The number of carbonyl (C=O) groups is 1. The van der Waals surface area contributed by atoms with Gasteiger partial charge in [0, 0.05) is 17.9 Å². The van der Waals surface area contributed by atoms with Gasteiger partial charge in [0.05, 0.1) is 4.90 Å². The van der Waals surface area contributed by atoms with Gasteiger partial charge in [-0.15, -0.1) is 0 Å². The van der Waals surface area contributed by atoms with E-state index in [-0.39, 0.29) is 10.8 Å². The number of benzene rings is 2. The summed E-state index contributed by atoms with van der Waals surface area (Å²) in [5.74, 6) is -0.201. The first-order valence-corrected chi connectivity index (χ1v) is 12.7. The fourth-order valence-corrected chi connectivity index (χ4v) is 7.06. The minimum atomic E-state index is -3.77. The van der Waals surface area contributed by atoms with E-state index in [2.05, 4.69) is 11.4 Å². The minimum absolute atomic E-state index is 0.183. The monoisotopic (exact) mass is 439 g/mol. The molecule has 7 heteroatoms. The van der Waals surface area contributed by atoms with Crippen LogP contribution < -0.4 is 11.1 Å². The van der Waals surface area contributed by atoms with E-state index in [1.54, 1.807) is 12.1 Å². The second kappa shape index (κ2) is 7.95. The molecule has 0 aromatic heterocycles. The molecule has 3 aliphatic rings. The molecule has 2 aromatic carbocycles. The fraction of sp³-hybridized carbons (Fsp3) is 0.458. The summed E-state index contributed by atoms with van der Waals surface area (Å²) in [6.07, 6.45) is 8.46. The van der Waals surface area contributed by atoms with Crippen molar-refractivity contribution in [1.29, 1.82) is 0 Å². The van der Waals surface area contributed by atoms with Crippen LogP contribution in [0.15, 0.2) is 35.2 Å². The van der Waals surface area contributed by atoms with Gasteiger partial charge in [0.25, 0.3) is 0 Å². The number of fused-ring (bicyclic) bond motifs is 2. The third-order valence-corrected chi connectivity index (χ3v) is 8.89. The van der Waals surface area contributed by atoms with Crippen LogP contribution in [-0.4, -0.2) is 31.2 Å². The van der Waals surface area contributed by atoms with Gasteiger partial charge >= 0.3 is 0 Å². The first kappa shape index (κ1) is 20.5. The van der Waals surface area contributed by atoms with Gasteiger partial charge in [-0.05, 0) is 97.9 Å². The normalized spacial score (nSPS) is 21.0. The Morgan fingerprint density at radius 3 is 2.23 bits per heavy atom. The van der Waals surface area contributed by atoms with E-state index in [0.29, 0.717) is 18.7 Å². The average Bonchev–Trinajstić information content (AvgIpc) is 3.43. The molecule has 5 rings (SSSR count). The Labute approximate surface area is 183 Å². The van der Waals surface area contributed by atoms with Crippen LogP contribution in [0.2, 0.25) is 0 Å². The summed E-state index contributed by atoms with van der Waals surface area (Å²) in [7, 11) is -3.77. The van der Waals surface area contributed by atoms with Crippen LogP contribution >= 0.6 is 0 Å². The van der Waals surface area contributed by atoms with Crippen LogP contribution in [0.1, 0.15) is 54.4 Å². The number of piperidine rings is 1. The summed E-state index contributed by atoms with van der Waals surface area (Å²) in [6, 6.07) is 7.85. The highest BCUT2D eigenvalue weighted by molar-refractivity contribution is 7.89. The number of amides is 1. The summed E-state index contributed by atoms with van der Waals surface area (Å²) in [6.45, 7) is 0.357. The van der Waals surface area contributed by atoms with E-state index >= 15 is 0 Å². The molecule has 1 saturated heterocycles. The molecule has 0 saturated carbocycles. The van der Waals surface area contributed by atoms with Gasteiger partial charge < -0.3 is 11.1 Å². The second-order valence-corrected chi connectivity index (χ2v) is 10.8. The van der Waals surface area contributed by atoms with E-state index < -0.39 is 16.1 Å². The van der Waals surface area contributed by atoms with Crippen LogP contribution in [0.4, 0.5) is 11.4 Å². The number of sulfonamides is 1. The molecule has 1 aliphatic heterocycles. The van der Waals surface area contributed by atoms with Crippen LogP contribution in [0.25, 0.3) is 0 Å². The molecule has 1 heterocycles. The maximum absolute atomic E-state index is 13.5. The molecule has 31 heavy (non-hydrogen) atoms. The molecule has 0 spiro atoms. The Morgan fingerprint density at radius 1 is 0.935 bits per heavy atom. The lowest BCUT2D eigenvalue weighted by atomic mass is 9.98. The van der Waals surface area contributed by atoms with Crippen molar-refractivity contribution in [2.24, 2.45) is 0 Å². The zero-order valence-electron chi connectivity index (χ0n) is 17.7. The Morgan fingerprint density at radius 2 is 1.58 bits per heavy atom. The topological polar surface area (TPSA) is 92.5 Å². The zero-order chi connectivity index (χ0) is 21.6. The minimum Gasteiger partial charge on any atom is -0.399 e. The van der Waals surface area contributed by atoms with Crippen molar-refractivity contribution in [3.05, 3.63) is 52.6 Å². The SMILES string of the molecule is Nc1ccc(S(=O)(=O)N2CCCCC2C(=O)Nc2c3c(cc4c2CCC4)CCC3)cc1. The molecule has 0 bridgehead atoms. The highest BCUT2D eigenvalue weighted by Crippen LogP contribution is 2.39. The van der Waals surface area contributed by atoms with Crippen molar-refractivity contribution in [3.63, 3.8) is 0 Å². The quantitative estimate of drug-likeness (QED) is 0.714. The van der Waals surface area contributed by atoms with E-state index in [4.69, 9.17) is 5.73 Å². The van der Waals surface area contributed by atoms with Crippen molar-refractivity contribution >= 4 is 27.3 Å². The number of nitrogens with two attached hydrogens (primary N) is 1. The summed E-state index contributed by atoms with van der Waals surface area (Å²) in [5, 5.41) is 3.21. The van der Waals surface area contributed by atoms with E-state index in [1.807, 2.05) is 0 Å². The third-order valence-electron chi connectivity index (χ3n) is 6.96. The standard InChI is InChI=1S/C24H29N3O3S/c25-18-10-12-19(13-11-18)31(29,30)27-14-2-1-9-22(27)24(28)26-23-20-7-3-5-16(20)15-17-6-4-8-21(17)23/h10-13,15,22H,1-9,14,25H2,(H,26,28). The maximum atomic E-state index is 13.5. The third kappa shape index (κ3) is 3.64. The van der Waals surface area contributed by atoms with E-state index in [1.165, 1.54) is 38.7 Å². The van der Waals surface area contributed by atoms with Crippen LogP contribution in [0.5, 0.6) is 0 Å². The van der Waals surface area contributed by atoms with Crippen molar-refractivity contribution < 1.29 is 13.2 Å². The van der Waals surface area contributed by atoms with Gasteiger partial charge in [-0.25, -0.2) is 8.42 Å². The van der Waals surface area contributed by atoms with Gasteiger partial charge in [0.15, 0.2) is 0 Å². The van der Waals surface area contributed by atoms with Gasteiger partial charge in [0.2, 0.25) is 15.9 Å². The summed E-state index contributed by atoms with van der Waals surface area (Å²) >= 11 is 0. The lowest BCUT2D eigenvalue weighted by Crippen LogP contribution is -2.50. The number of rotatable bonds is 4. The molecule has 6 nitrogen and oxygen atoms in total. The molecule has 2 aromatic rings. The molecule has 3 N–H and O–H groups in total. The lowest BCUT2D eigenvalue weighted by Gasteiger charge is -2.34. The van der Waals surface area contributed by atoms with Gasteiger partial charge in [-0.3, -0.25) is 4.79 Å². The Hall–Kier alpha value is -2.38. The van der Waals surface area contributed by atoms with Gasteiger partial charge in [-0.2, -0.15) is 4.31 Å². The molecular weight excluding hydrogens is 410 g/mol. The Kier molecular flexibility index (Phi) is 5.26. The smallest absolute Gasteiger partial charge is 0.243 e. The van der Waals surface area contributed by atoms with Crippen molar-refractivity contribution in [3.8, 4) is 0 Å². The number of carbonyl (C=O) groups excluding carboxylic acids is 1. The molecule has 0 radical (unpaired) electrons. The highest BCUT2D eigenvalue weighted by Gasteiger charge is 2.38. The predicted octanol–water partition coefficient (Wildman–Crippen LogP) is 3.43. The fourth-order valence-electron chi connectivity index (χ4n) is 5.40. The molecule has 1 unspecified atom stereocenters. The molecule has 1 fully saturated rings. The molecule has 164 valence electrons. The summed E-state index contributed by atoms with van der Waals surface area (Å²) in [4.78, 5) is 13.7. The van der Waals surface area contributed by atoms with E-state index in [0.717, 1.165) is 57.1 Å². The number of anilines is 2. The van der Waals surface area contributed by atoms with Crippen LogP contribution in [0, 0.1) is 0 Å². The predicted molar refractivity (Wildman–Crippen MR) is 122 cm³/mol. The van der Waals surface area contributed by atoms with Crippen LogP contribution in [0.3, 0.4) is 0 Å². The van der Waals surface area contributed by atoms with Gasteiger partial charge in [0.1, 0.15) is 6.04 Å². The first-order valence-electron chi connectivity index (χ1n) is 11.3. The number of nitrogen functional groups attached to an aromatic ring is 1. The van der Waals surface area contributed by atoms with Crippen molar-refractivity contribution in [2.75, 3.05) is 17.6 Å². The maximum Gasteiger partial charge on any atom is 0.243 e. The highest BCUT2D eigenvalue weighted by atomic mass is 32.2. The Bertz CT molecular complexity index is 1090. The Balaban J connectivity index is 1.46. The number of nitrogens with zero attached hydrogens (tertiary/aromatic N) is 1. The van der Waals surface area contributed by atoms with Crippen molar-refractivity contribution in [1.82, 2.24) is 4.31 Å². The summed E-state index contributed by atoms with van der Waals surface area (Å²) in [5.41, 5.74) is 12.4. The van der Waals surface area contributed by atoms with Crippen LogP contribution in [-0.2, 0) is 40.5 Å². The number of aryl methyl sites for hydroxylation is 2. The lowest BCUT2D eigenvalue weighted by molar-refractivity contribution is -0.120. The zero-order valence-corrected chi connectivity index (χ0v) is 18.5. The number of hydrogen-bond donors (Lipinski definition) is 2. The molecule has 2 aliphatic carbocycles. The number of nitrogens with one attached hydrogen (secondary N) is 1. The molecule has 1 amide bonds. The number of hydrogen-bond acceptors (Lipinski definition) is 4. The largest absolute Gasteiger partial charge is 0.399 e. The second-order valence-electron chi connectivity index (χ2n) is 8.92. The van der Waals surface area contributed by atoms with Crippen molar-refractivity contribution in [2.45, 2.75) is 68.7 Å². The molecule has 1 atom stereocenters.